The summed E-state index contributed by atoms with van der Waals surface area (Å²) in [5.74, 6) is -0.439. The van der Waals surface area contributed by atoms with Crippen molar-refractivity contribution in [2.24, 2.45) is 5.10 Å². The summed E-state index contributed by atoms with van der Waals surface area (Å²) in [5, 5.41) is 10.4. The second kappa shape index (κ2) is 4.54. The van der Waals surface area contributed by atoms with Gasteiger partial charge in [-0.2, -0.15) is 14.9 Å². The number of nitrogens with one attached hydrogen (secondary N) is 1. The molecule has 7 heteroatoms. The van der Waals surface area contributed by atoms with Crippen LogP contribution in [0.2, 0.25) is 5.02 Å². The summed E-state index contributed by atoms with van der Waals surface area (Å²) in [6.07, 6.45) is 2.68. The van der Waals surface area contributed by atoms with Gasteiger partial charge in [0.15, 0.2) is 0 Å². The van der Waals surface area contributed by atoms with Gasteiger partial charge < -0.3 is 0 Å². The van der Waals surface area contributed by atoms with Crippen molar-refractivity contribution in [3.05, 3.63) is 45.7 Å². The molecule has 0 aliphatic heterocycles. The highest BCUT2D eigenvalue weighted by Crippen LogP contribution is 2.16. The standard InChI is InChI=1S/C9H6ClFN4S/c10-7-2-1-3-8(11)6(7)4-13-15-5-12-14-9(15)16/h1-5H,(H,14,16). The lowest BCUT2D eigenvalue weighted by molar-refractivity contribution is 0.625. The lowest BCUT2D eigenvalue weighted by Crippen LogP contribution is -1.93. The van der Waals surface area contributed by atoms with Crippen LogP contribution >= 0.6 is 23.8 Å². The molecule has 1 aromatic carbocycles. The largest absolute Gasteiger partial charge is 0.250 e. The molecule has 0 atom stereocenters. The third-order valence-electron chi connectivity index (χ3n) is 1.85. The van der Waals surface area contributed by atoms with Gasteiger partial charge in [-0.3, -0.25) is 5.10 Å². The van der Waals surface area contributed by atoms with E-state index in [4.69, 9.17) is 23.8 Å². The Labute approximate surface area is 100 Å². The first-order valence-electron chi connectivity index (χ1n) is 4.29. The Kier molecular flexibility index (Phi) is 3.12. The van der Waals surface area contributed by atoms with Crippen molar-refractivity contribution in [2.45, 2.75) is 0 Å². The number of aromatic amines is 1. The highest BCUT2D eigenvalue weighted by atomic mass is 35.5. The zero-order valence-electron chi connectivity index (χ0n) is 7.89. The molecule has 1 N–H and O–H groups in total. The summed E-state index contributed by atoms with van der Waals surface area (Å²) >= 11 is 10.7. The molecule has 4 nitrogen and oxygen atoms in total. The molecule has 82 valence electrons. The van der Waals surface area contributed by atoms with Crippen molar-refractivity contribution in [2.75, 3.05) is 0 Å². The highest BCUT2D eigenvalue weighted by Gasteiger charge is 2.03. The molecule has 2 rings (SSSR count). The molecule has 1 heterocycles. The van der Waals surface area contributed by atoms with Crippen LogP contribution in [0, 0.1) is 10.6 Å². The number of H-pyrrole nitrogens is 1. The van der Waals surface area contributed by atoms with Gasteiger partial charge in [0, 0.05) is 5.56 Å². The maximum atomic E-state index is 13.3. The maximum absolute atomic E-state index is 13.3. The van der Waals surface area contributed by atoms with E-state index in [0.717, 1.165) is 0 Å². The smallest absolute Gasteiger partial charge is 0.216 e. The third-order valence-corrected chi connectivity index (χ3v) is 2.45. The zero-order chi connectivity index (χ0) is 11.5. The predicted molar refractivity (Wildman–Crippen MR) is 61.8 cm³/mol. The van der Waals surface area contributed by atoms with Crippen LogP contribution in [0.3, 0.4) is 0 Å². The molecule has 0 fully saturated rings. The maximum Gasteiger partial charge on any atom is 0.216 e. The number of hydrogen-bond acceptors (Lipinski definition) is 3. The lowest BCUT2D eigenvalue weighted by atomic mass is 10.2. The molecule has 2 aromatic rings. The first-order chi connectivity index (χ1) is 7.68. The van der Waals surface area contributed by atoms with Gasteiger partial charge in [0.05, 0.1) is 11.2 Å². The monoisotopic (exact) mass is 256 g/mol. The van der Waals surface area contributed by atoms with Crippen LogP contribution in [0.4, 0.5) is 4.39 Å². The Morgan fingerprint density at radius 1 is 1.56 bits per heavy atom. The Morgan fingerprint density at radius 2 is 2.38 bits per heavy atom. The molecule has 16 heavy (non-hydrogen) atoms. The Hall–Kier alpha value is -1.53. The number of rotatable bonds is 2. The van der Waals surface area contributed by atoms with Crippen LogP contribution in [0.1, 0.15) is 5.56 Å². The number of benzene rings is 1. The number of hydrogen-bond donors (Lipinski definition) is 1. The molecule has 0 aliphatic carbocycles. The van der Waals surface area contributed by atoms with Crippen molar-refractivity contribution in [1.82, 2.24) is 14.9 Å². The Morgan fingerprint density at radius 3 is 3.00 bits per heavy atom. The van der Waals surface area contributed by atoms with E-state index >= 15 is 0 Å². The van der Waals surface area contributed by atoms with E-state index in [9.17, 15) is 4.39 Å². The number of nitrogens with zero attached hydrogens (tertiary/aromatic N) is 3. The zero-order valence-corrected chi connectivity index (χ0v) is 9.46. The summed E-state index contributed by atoms with van der Waals surface area (Å²) in [7, 11) is 0. The summed E-state index contributed by atoms with van der Waals surface area (Å²) in [5.41, 5.74) is 0.215. The van der Waals surface area contributed by atoms with Crippen LogP contribution in [-0.2, 0) is 0 Å². The number of aromatic nitrogens is 3. The quantitative estimate of drug-likeness (QED) is 0.663. The van der Waals surface area contributed by atoms with E-state index in [1.165, 1.54) is 29.4 Å². The topological polar surface area (TPSA) is 46.0 Å². The van der Waals surface area contributed by atoms with E-state index in [-0.39, 0.29) is 5.56 Å². The van der Waals surface area contributed by atoms with Crippen LogP contribution < -0.4 is 0 Å². The number of halogens is 2. The molecule has 0 amide bonds. The summed E-state index contributed by atoms with van der Waals surface area (Å²) < 4.78 is 15.0. The molecule has 0 unspecified atom stereocenters. The fourth-order valence-corrected chi connectivity index (χ4v) is 1.44. The van der Waals surface area contributed by atoms with Gasteiger partial charge in [0.25, 0.3) is 0 Å². The minimum absolute atomic E-state index is 0.215. The minimum atomic E-state index is -0.439. The van der Waals surface area contributed by atoms with Gasteiger partial charge in [-0.15, -0.1) is 0 Å². The van der Waals surface area contributed by atoms with E-state index < -0.39 is 5.82 Å². The van der Waals surface area contributed by atoms with Crippen molar-refractivity contribution in [3.63, 3.8) is 0 Å². The fraction of sp³-hybridized carbons (Fsp3) is 0. The molecule has 0 radical (unpaired) electrons. The second-order valence-corrected chi connectivity index (χ2v) is 3.68. The fourth-order valence-electron chi connectivity index (χ4n) is 1.08. The third kappa shape index (κ3) is 2.17. The van der Waals surface area contributed by atoms with E-state index in [2.05, 4.69) is 15.3 Å². The molecular formula is C9H6ClFN4S. The van der Waals surface area contributed by atoms with Gasteiger partial charge in [-0.25, -0.2) is 4.39 Å². The first-order valence-corrected chi connectivity index (χ1v) is 5.07. The summed E-state index contributed by atoms with van der Waals surface area (Å²) in [6, 6.07) is 4.42. The minimum Gasteiger partial charge on any atom is -0.250 e. The average molecular weight is 257 g/mol. The molecule has 0 saturated carbocycles. The van der Waals surface area contributed by atoms with Crippen LogP contribution in [0.15, 0.2) is 29.6 Å². The molecular weight excluding hydrogens is 251 g/mol. The van der Waals surface area contributed by atoms with Gasteiger partial charge in [0.1, 0.15) is 12.1 Å². The molecule has 0 bridgehead atoms. The van der Waals surface area contributed by atoms with Gasteiger partial charge >= 0.3 is 0 Å². The lowest BCUT2D eigenvalue weighted by Gasteiger charge is -1.98. The Balaban J connectivity index is 2.38. The van der Waals surface area contributed by atoms with Crippen molar-refractivity contribution < 1.29 is 4.39 Å². The van der Waals surface area contributed by atoms with Crippen LogP contribution in [-0.4, -0.2) is 21.1 Å². The van der Waals surface area contributed by atoms with Crippen molar-refractivity contribution in [3.8, 4) is 0 Å². The molecule has 1 aromatic heterocycles. The van der Waals surface area contributed by atoms with Crippen molar-refractivity contribution >= 4 is 30.0 Å². The molecule has 0 aliphatic rings. The van der Waals surface area contributed by atoms with Gasteiger partial charge in [-0.1, -0.05) is 17.7 Å². The van der Waals surface area contributed by atoms with Crippen LogP contribution in [0.5, 0.6) is 0 Å². The Bertz CT molecular complexity index is 569. The first kappa shape index (κ1) is 11.0. The van der Waals surface area contributed by atoms with Crippen LogP contribution in [0.25, 0.3) is 0 Å². The van der Waals surface area contributed by atoms with E-state index in [0.29, 0.717) is 9.79 Å². The summed E-state index contributed by atoms with van der Waals surface area (Å²) in [4.78, 5) is 0. The van der Waals surface area contributed by atoms with E-state index in [1.807, 2.05) is 0 Å². The molecule has 0 saturated heterocycles. The highest BCUT2D eigenvalue weighted by molar-refractivity contribution is 7.71. The van der Waals surface area contributed by atoms with Gasteiger partial charge in [-0.05, 0) is 24.4 Å². The normalized spacial score (nSPS) is 11.1. The second-order valence-electron chi connectivity index (χ2n) is 2.89. The van der Waals surface area contributed by atoms with E-state index in [1.54, 1.807) is 6.07 Å². The van der Waals surface area contributed by atoms with Crippen molar-refractivity contribution in [1.29, 1.82) is 0 Å². The predicted octanol–water partition coefficient (Wildman–Crippen LogP) is 2.62. The molecule has 0 spiro atoms. The average Bonchev–Trinajstić information content (AvgIpc) is 2.64. The van der Waals surface area contributed by atoms with Gasteiger partial charge in [0.2, 0.25) is 4.77 Å². The summed E-state index contributed by atoms with van der Waals surface area (Å²) in [6.45, 7) is 0. The SMILES string of the molecule is Fc1cccc(Cl)c1C=Nn1cn[nH]c1=S.